The second kappa shape index (κ2) is 8.68. The molecule has 4 nitrogen and oxygen atoms in total. The number of amides is 2. The Balaban J connectivity index is 2.14. The van der Waals surface area contributed by atoms with Crippen molar-refractivity contribution in [2.75, 3.05) is 0 Å². The van der Waals surface area contributed by atoms with E-state index in [4.69, 9.17) is 0 Å². The fraction of sp³-hybridized carbons (Fsp3) is 0.800. The topological polar surface area (TPSA) is 49.4 Å². The van der Waals surface area contributed by atoms with Crippen molar-refractivity contribution in [1.29, 1.82) is 0 Å². The first-order valence-electron chi connectivity index (χ1n) is 9.72. The zero-order valence-corrected chi connectivity index (χ0v) is 15.6. The van der Waals surface area contributed by atoms with Crippen molar-refractivity contribution in [3.05, 3.63) is 12.7 Å². The first-order chi connectivity index (χ1) is 11.5. The van der Waals surface area contributed by atoms with Gasteiger partial charge < -0.3 is 10.2 Å². The van der Waals surface area contributed by atoms with Crippen molar-refractivity contribution in [2.24, 2.45) is 11.8 Å². The molecule has 2 rings (SSSR count). The smallest absolute Gasteiger partial charge is 0.223 e. The fourth-order valence-corrected chi connectivity index (χ4v) is 4.48. The van der Waals surface area contributed by atoms with Crippen LogP contribution in [0.15, 0.2) is 12.7 Å². The number of hydrogen-bond donors (Lipinski definition) is 1. The molecular formula is C20H34N2O2. The van der Waals surface area contributed by atoms with E-state index in [2.05, 4.69) is 37.6 Å². The van der Waals surface area contributed by atoms with Gasteiger partial charge in [-0.25, -0.2) is 0 Å². The number of rotatable bonds is 6. The molecule has 24 heavy (non-hydrogen) atoms. The van der Waals surface area contributed by atoms with E-state index in [0.717, 1.165) is 32.1 Å². The van der Waals surface area contributed by atoms with Crippen LogP contribution in [0.4, 0.5) is 0 Å². The zero-order chi connectivity index (χ0) is 17.7. The first-order valence-corrected chi connectivity index (χ1v) is 9.72. The minimum Gasteiger partial charge on any atom is -0.353 e. The lowest BCUT2D eigenvalue weighted by Crippen LogP contribution is -2.59. The molecule has 1 aliphatic heterocycles. The Morgan fingerprint density at radius 1 is 1.33 bits per heavy atom. The van der Waals surface area contributed by atoms with Crippen LogP contribution in [-0.4, -0.2) is 34.8 Å². The van der Waals surface area contributed by atoms with Crippen molar-refractivity contribution in [2.45, 2.75) is 90.3 Å². The summed E-state index contributed by atoms with van der Waals surface area (Å²) in [7, 11) is 0. The lowest BCUT2D eigenvalue weighted by Gasteiger charge is -2.51. The average molecular weight is 335 g/mol. The number of nitrogens with one attached hydrogen (secondary N) is 1. The quantitative estimate of drug-likeness (QED) is 0.754. The van der Waals surface area contributed by atoms with E-state index in [-0.39, 0.29) is 35.9 Å². The molecule has 2 aliphatic rings. The SMILES string of the molecule is C=CCCC(=O)N1[C@H](C)C[C@H](C(=O)N[C@H](C)CC)[C@@H]2CCCC[C@@H]21. The highest BCUT2D eigenvalue weighted by molar-refractivity contribution is 5.81. The number of carbonyl (C=O) groups excluding carboxylic acids is 2. The summed E-state index contributed by atoms with van der Waals surface area (Å²) in [6.07, 6.45) is 9.29. The van der Waals surface area contributed by atoms with Crippen LogP contribution in [0.1, 0.15) is 72.1 Å². The summed E-state index contributed by atoms with van der Waals surface area (Å²) in [6, 6.07) is 0.615. The molecule has 136 valence electrons. The minimum absolute atomic E-state index is 0.0581. The third-order valence-electron chi connectivity index (χ3n) is 5.91. The molecule has 0 unspecified atom stereocenters. The number of hydrogen-bond acceptors (Lipinski definition) is 2. The molecule has 1 saturated carbocycles. The van der Waals surface area contributed by atoms with E-state index >= 15 is 0 Å². The third-order valence-corrected chi connectivity index (χ3v) is 5.91. The van der Waals surface area contributed by atoms with Crippen molar-refractivity contribution in [1.82, 2.24) is 10.2 Å². The van der Waals surface area contributed by atoms with Gasteiger partial charge in [-0.15, -0.1) is 6.58 Å². The number of nitrogens with zero attached hydrogens (tertiary/aromatic N) is 1. The van der Waals surface area contributed by atoms with Gasteiger partial charge in [0, 0.05) is 30.5 Å². The first kappa shape index (κ1) is 19.0. The lowest BCUT2D eigenvalue weighted by atomic mass is 9.69. The van der Waals surface area contributed by atoms with Crippen molar-refractivity contribution in [3.63, 3.8) is 0 Å². The minimum atomic E-state index is 0.0581. The molecule has 1 N–H and O–H groups in total. The maximum atomic E-state index is 12.8. The predicted molar refractivity (Wildman–Crippen MR) is 97.5 cm³/mol. The molecular weight excluding hydrogens is 300 g/mol. The third kappa shape index (κ3) is 4.20. The molecule has 2 amide bonds. The van der Waals surface area contributed by atoms with E-state index in [0.29, 0.717) is 12.3 Å². The van der Waals surface area contributed by atoms with Gasteiger partial charge in [-0.2, -0.15) is 0 Å². The van der Waals surface area contributed by atoms with Gasteiger partial charge in [0.25, 0.3) is 0 Å². The lowest BCUT2D eigenvalue weighted by molar-refractivity contribution is -0.149. The van der Waals surface area contributed by atoms with E-state index in [1.807, 2.05) is 6.08 Å². The molecule has 1 aliphatic carbocycles. The van der Waals surface area contributed by atoms with Crippen LogP contribution in [0.25, 0.3) is 0 Å². The van der Waals surface area contributed by atoms with Gasteiger partial charge in [-0.05, 0) is 51.9 Å². The van der Waals surface area contributed by atoms with Gasteiger partial charge in [0.2, 0.25) is 11.8 Å². The van der Waals surface area contributed by atoms with Gasteiger partial charge in [-0.3, -0.25) is 9.59 Å². The van der Waals surface area contributed by atoms with Crippen LogP contribution >= 0.6 is 0 Å². The van der Waals surface area contributed by atoms with Crippen LogP contribution < -0.4 is 5.32 Å². The number of piperidine rings is 1. The summed E-state index contributed by atoms with van der Waals surface area (Å²) in [5.74, 6) is 0.820. The van der Waals surface area contributed by atoms with Gasteiger partial charge in [0.05, 0.1) is 0 Å². The zero-order valence-electron chi connectivity index (χ0n) is 15.6. The molecule has 0 radical (unpaired) electrons. The number of carbonyl (C=O) groups is 2. The van der Waals surface area contributed by atoms with Crippen LogP contribution in [0.2, 0.25) is 0 Å². The summed E-state index contributed by atoms with van der Waals surface area (Å²) in [6.45, 7) is 9.99. The van der Waals surface area contributed by atoms with Gasteiger partial charge >= 0.3 is 0 Å². The molecule has 5 atom stereocenters. The average Bonchev–Trinajstić information content (AvgIpc) is 2.58. The second-order valence-electron chi connectivity index (χ2n) is 7.65. The maximum absolute atomic E-state index is 12.8. The number of allylic oxidation sites excluding steroid dienone is 1. The monoisotopic (exact) mass is 334 g/mol. The van der Waals surface area contributed by atoms with E-state index in [1.165, 1.54) is 12.8 Å². The van der Waals surface area contributed by atoms with E-state index in [1.54, 1.807) is 0 Å². The molecule has 0 bridgehead atoms. The highest BCUT2D eigenvalue weighted by atomic mass is 16.2. The standard InChI is InChI=1S/C20H34N2O2/c1-5-7-12-19(23)22-15(4)13-17(20(24)21-14(3)6-2)16-10-8-9-11-18(16)22/h5,14-18H,1,6-13H2,2-4H3,(H,21,24)/t14-,15-,16+,17+,18+/m1/s1. The van der Waals surface area contributed by atoms with Crippen molar-refractivity contribution >= 4 is 11.8 Å². The Morgan fingerprint density at radius 2 is 2.04 bits per heavy atom. The van der Waals surface area contributed by atoms with E-state index in [9.17, 15) is 9.59 Å². The largest absolute Gasteiger partial charge is 0.353 e. The van der Waals surface area contributed by atoms with Crippen LogP contribution in [-0.2, 0) is 9.59 Å². The maximum Gasteiger partial charge on any atom is 0.223 e. The van der Waals surface area contributed by atoms with Crippen molar-refractivity contribution in [3.8, 4) is 0 Å². The Hall–Kier alpha value is -1.32. The summed E-state index contributed by atoms with van der Waals surface area (Å²) in [5.41, 5.74) is 0. The molecule has 2 fully saturated rings. The summed E-state index contributed by atoms with van der Waals surface area (Å²) in [4.78, 5) is 27.6. The second-order valence-corrected chi connectivity index (χ2v) is 7.65. The molecule has 4 heteroatoms. The van der Waals surface area contributed by atoms with Crippen molar-refractivity contribution < 1.29 is 9.59 Å². The van der Waals surface area contributed by atoms with E-state index < -0.39 is 0 Å². The van der Waals surface area contributed by atoms with Gasteiger partial charge in [0.1, 0.15) is 0 Å². The molecule has 0 aromatic heterocycles. The predicted octanol–water partition coefficient (Wildman–Crippen LogP) is 3.66. The highest BCUT2D eigenvalue weighted by Gasteiger charge is 2.46. The number of fused-ring (bicyclic) bond motifs is 1. The van der Waals surface area contributed by atoms with Crippen LogP contribution in [0, 0.1) is 11.8 Å². The highest BCUT2D eigenvalue weighted by Crippen LogP contribution is 2.42. The summed E-state index contributed by atoms with van der Waals surface area (Å²) >= 11 is 0. The summed E-state index contributed by atoms with van der Waals surface area (Å²) < 4.78 is 0. The Bertz CT molecular complexity index is 463. The molecule has 0 aromatic carbocycles. The van der Waals surface area contributed by atoms with Gasteiger partial charge in [-0.1, -0.05) is 25.8 Å². The molecule has 1 heterocycles. The molecule has 1 saturated heterocycles. The Morgan fingerprint density at radius 3 is 2.71 bits per heavy atom. The normalized spacial score (nSPS) is 31.0. The Labute approximate surface area is 147 Å². The Kier molecular flexibility index (Phi) is 6.88. The molecule has 0 aromatic rings. The van der Waals surface area contributed by atoms with Crippen LogP contribution in [0.5, 0.6) is 0 Å². The molecule has 0 spiro atoms. The number of likely N-dealkylation sites (tertiary alicyclic amines) is 1. The summed E-state index contributed by atoms with van der Waals surface area (Å²) in [5, 5.41) is 3.18. The fourth-order valence-electron chi connectivity index (χ4n) is 4.48. The van der Waals surface area contributed by atoms with Crippen LogP contribution in [0.3, 0.4) is 0 Å². The van der Waals surface area contributed by atoms with Gasteiger partial charge in [0.15, 0.2) is 0 Å².